The minimum atomic E-state index is 0.777. The van der Waals surface area contributed by atoms with Crippen molar-refractivity contribution in [1.29, 1.82) is 0 Å². The fourth-order valence-electron chi connectivity index (χ4n) is 3.18. The molecule has 0 aliphatic heterocycles. The molecule has 1 aromatic carbocycles. The van der Waals surface area contributed by atoms with Gasteiger partial charge >= 0.3 is 0 Å². The van der Waals surface area contributed by atoms with E-state index in [1.165, 1.54) is 48.7 Å². The molecular weight excluding hydrogens is 246 g/mol. The second kappa shape index (κ2) is 5.96. The predicted molar refractivity (Wildman–Crippen MR) is 84.1 cm³/mol. The first-order valence-corrected chi connectivity index (χ1v) is 7.89. The summed E-state index contributed by atoms with van der Waals surface area (Å²) in [7, 11) is 0. The lowest BCUT2D eigenvalue weighted by Gasteiger charge is -2.12. The average molecular weight is 271 g/mol. The first-order valence-electron chi connectivity index (χ1n) is 7.89. The molecule has 0 bridgehead atoms. The van der Waals surface area contributed by atoms with Crippen LogP contribution < -0.4 is 5.32 Å². The summed E-state index contributed by atoms with van der Waals surface area (Å²) in [5.74, 6) is 0. The molecule has 20 heavy (non-hydrogen) atoms. The zero-order chi connectivity index (χ0) is 13.9. The van der Waals surface area contributed by atoms with Crippen molar-refractivity contribution in [3.05, 3.63) is 29.6 Å². The fourth-order valence-corrected chi connectivity index (χ4v) is 3.18. The van der Waals surface area contributed by atoms with Crippen molar-refractivity contribution in [3.8, 4) is 0 Å². The Labute approximate surface area is 121 Å². The van der Waals surface area contributed by atoms with E-state index in [1.807, 2.05) is 6.33 Å². The maximum absolute atomic E-state index is 4.52. The molecule has 0 amide bonds. The zero-order valence-corrected chi connectivity index (χ0v) is 12.7. The van der Waals surface area contributed by atoms with Gasteiger partial charge in [0.1, 0.15) is 0 Å². The summed E-state index contributed by atoms with van der Waals surface area (Å²) in [5, 5.41) is 3.68. The van der Waals surface area contributed by atoms with Gasteiger partial charge in [-0.1, -0.05) is 12.8 Å². The van der Waals surface area contributed by atoms with Crippen LogP contribution in [0.3, 0.4) is 0 Å². The van der Waals surface area contributed by atoms with E-state index in [9.17, 15) is 0 Å². The topological polar surface area (TPSA) is 29.9 Å². The van der Waals surface area contributed by atoms with Gasteiger partial charge in [-0.3, -0.25) is 0 Å². The van der Waals surface area contributed by atoms with Gasteiger partial charge in [-0.25, -0.2) is 4.98 Å². The number of imidazole rings is 1. The summed E-state index contributed by atoms with van der Waals surface area (Å²) in [6, 6.07) is 5.24. The molecule has 1 saturated carbocycles. The molecule has 1 aliphatic carbocycles. The molecule has 1 fully saturated rings. The summed E-state index contributed by atoms with van der Waals surface area (Å²) in [6.07, 6.45) is 8.71. The molecule has 108 valence electrons. The van der Waals surface area contributed by atoms with Crippen LogP contribution in [0.1, 0.15) is 43.2 Å². The largest absolute Gasteiger partial charge is 0.331 e. The van der Waals surface area contributed by atoms with Gasteiger partial charge in [-0.2, -0.15) is 0 Å². The first-order chi connectivity index (χ1) is 9.74. The van der Waals surface area contributed by atoms with E-state index >= 15 is 0 Å². The van der Waals surface area contributed by atoms with E-state index in [2.05, 4.69) is 40.8 Å². The number of aromatic nitrogens is 2. The van der Waals surface area contributed by atoms with E-state index in [1.54, 1.807) is 0 Å². The van der Waals surface area contributed by atoms with Crippen LogP contribution in [-0.2, 0) is 6.54 Å². The number of benzene rings is 1. The number of fused-ring (bicyclic) bond motifs is 1. The Kier molecular flexibility index (Phi) is 4.06. The van der Waals surface area contributed by atoms with Crippen molar-refractivity contribution in [2.45, 2.75) is 58.5 Å². The van der Waals surface area contributed by atoms with E-state index in [0.717, 1.165) is 24.6 Å². The van der Waals surface area contributed by atoms with Crippen molar-refractivity contribution in [3.63, 3.8) is 0 Å². The lowest BCUT2D eigenvalue weighted by Crippen LogP contribution is -2.27. The second-order valence-electron chi connectivity index (χ2n) is 6.15. The molecule has 3 rings (SSSR count). The maximum atomic E-state index is 4.52. The number of aryl methyl sites for hydroxylation is 3. The quantitative estimate of drug-likeness (QED) is 0.842. The summed E-state index contributed by atoms with van der Waals surface area (Å²) in [6.45, 7) is 6.50. The molecule has 0 saturated heterocycles. The molecule has 0 unspecified atom stereocenters. The highest BCUT2D eigenvalue weighted by molar-refractivity contribution is 5.77. The first kappa shape index (κ1) is 13.6. The Hall–Kier alpha value is -1.35. The van der Waals surface area contributed by atoms with Gasteiger partial charge in [0.15, 0.2) is 0 Å². The average Bonchev–Trinajstić information content (AvgIpc) is 3.06. The van der Waals surface area contributed by atoms with Crippen LogP contribution in [0.5, 0.6) is 0 Å². The van der Waals surface area contributed by atoms with Crippen LogP contribution in [0.15, 0.2) is 18.5 Å². The fraction of sp³-hybridized carbons (Fsp3) is 0.588. The maximum Gasteiger partial charge on any atom is 0.0958 e. The smallest absolute Gasteiger partial charge is 0.0958 e. The number of nitrogens with zero attached hydrogens (tertiary/aromatic N) is 2. The van der Waals surface area contributed by atoms with Gasteiger partial charge in [-0.15, -0.1) is 0 Å². The second-order valence-corrected chi connectivity index (χ2v) is 6.15. The third-order valence-corrected chi connectivity index (χ3v) is 4.60. The normalized spacial score (nSPS) is 16.3. The Bertz CT molecular complexity index is 579. The van der Waals surface area contributed by atoms with Crippen molar-refractivity contribution < 1.29 is 0 Å². The van der Waals surface area contributed by atoms with Gasteiger partial charge in [0.25, 0.3) is 0 Å². The van der Waals surface area contributed by atoms with Crippen molar-refractivity contribution >= 4 is 11.0 Å². The molecule has 0 atom stereocenters. The van der Waals surface area contributed by atoms with Crippen LogP contribution in [-0.4, -0.2) is 22.1 Å². The molecule has 1 heterocycles. The van der Waals surface area contributed by atoms with E-state index in [-0.39, 0.29) is 0 Å². The third-order valence-electron chi connectivity index (χ3n) is 4.60. The highest BCUT2D eigenvalue weighted by Gasteiger charge is 2.13. The van der Waals surface area contributed by atoms with E-state index in [0.29, 0.717) is 0 Å². The molecule has 1 aliphatic rings. The minimum absolute atomic E-state index is 0.777. The molecular formula is C17H25N3. The molecule has 1 aromatic heterocycles. The summed E-state index contributed by atoms with van der Waals surface area (Å²) >= 11 is 0. The summed E-state index contributed by atoms with van der Waals surface area (Å²) < 4.78 is 2.29. The molecule has 2 aromatic rings. The van der Waals surface area contributed by atoms with Crippen LogP contribution in [0.25, 0.3) is 11.0 Å². The van der Waals surface area contributed by atoms with Crippen LogP contribution >= 0.6 is 0 Å². The molecule has 0 spiro atoms. The minimum Gasteiger partial charge on any atom is -0.331 e. The lowest BCUT2D eigenvalue weighted by atomic mass is 10.1. The summed E-state index contributed by atoms with van der Waals surface area (Å²) in [5.41, 5.74) is 5.07. The van der Waals surface area contributed by atoms with Crippen molar-refractivity contribution in [2.75, 3.05) is 6.54 Å². The van der Waals surface area contributed by atoms with E-state index < -0.39 is 0 Å². The molecule has 3 heteroatoms. The zero-order valence-electron chi connectivity index (χ0n) is 12.7. The third kappa shape index (κ3) is 2.88. The van der Waals surface area contributed by atoms with E-state index in [4.69, 9.17) is 0 Å². The number of nitrogens with one attached hydrogen (secondary N) is 1. The van der Waals surface area contributed by atoms with Gasteiger partial charge in [-0.05, 0) is 62.9 Å². The number of hydrogen-bond donors (Lipinski definition) is 1. The number of hydrogen-bond acceptors (Lipinski definition) is 2. The highest BCUT2D eigenvalue weighted by atomic mass is 15.0. The van der Waals surface area contributed by atoms with Gasteiger partial charge < -0.3 is 9.88 Å². The van der Waals surface area contributed by atoms with Crippen LogP contribution in [0.4, 0.5) is 0 Å². The van der Waals surface area contributed by atoms with Gasteiger partial charge in [0.05, 0.1) is 17.4 Å². The van der Waals surface area contributed by atoms with Gasteiger partial charge in [0.2, 0.25) is 0 Å². The number of rotatable bonds is 5. The highest BCUT2D eigenvalue weighted by Crippen LogP contribution is 2.19. The Morgan fingerprint density at radius 3 is 2.75 bits per heavy atom. The summed E-state index contributed by atoms with van der Waals surface area (Å²) in [4.78, 5) is 4.52. The Morgan fingerprint density at radius 1 is 1.20 bits per heavy atom. The van der Waals surface area contributed by atoms with Crippen LogP contribution in [0.2, 0.25) is 0 Å². The Balaban J connectivity index is 1.58. The SMILES string of the molecule is Cc1cc2ncn(CCCNC3CCCC3)c2cc1C. The predicted octanol–water partition coefficient (Wildman–Crippen LogP) is 3.58. The lowest BCUT2D eigenvalue weighted by molar-refractivity contribution is 0.498. The molecule has 0 radical (unpaired) electrons. The van der Waals surface area contributed by atoms with Crippen LogP contribution in [0, 0.1) is 13.8 Å². The van der Waals surface area contributed by atoms with Crippen molar-refractivity contribution in [1.82, 2.24) is 14.9 Å². The van der Waals surface area contributed by atoms with Gasteiger partial charge in [0, 0.05) is 12.6 Å². The van der Waals surface area contributed by atoms with Crippen molar-refractivity contribution in [2.24, 2.45) is 0 Å². The standard InChI is InChI=1S/C17H25N3/c1-13-10-16-17(11-14(13)2)20(12-19-16)9-5-8-18-15-6-3-4-7-15/h10-12,15,18H,3-9H2,1-2H3. The Morgan fingerprint density at radius 2 is 1.95 bits per heavy atom. The molecule has 3 nitrogen and oxygen atoms in total. The molecule has 1 N–H and O–H groups in total. The monoisotopic (exact) mass is 271 g/mol.